The van der Waals surface area contributed by atoms with E-state index < -0.39 is 199 Å². The van der Waals surface area contributed by atoms with Crippen LogP contribution in [0.4, 0.5) is 0 Å². The number of nitrogens with zero attached hydrogens (tertiary/aromatic N) is 1. The Morgan fingerprint density at radius 2 is 0.912 bits per heavy atom. The zero-order chi connectivity index (χ0) is 84.5. The van der Waals surface area contributed by atoms with Gasteiger partial charge < -0.3 is 111 Å². The fourth-order valence-corrected chi connectivity index (χ4v) is 12.8. The summed E-state index contributed by atoms with van der Waals surface area (Å²) in [4.78, 5) is 220. The van der Waals surface area contributed by atoms with Crippen molar-refractivity contribution in [3.63, 3.8) is 0 Å². The van der Waals surface area contributed by atoms with Gasteiger partial charge in [-0.1, -0.05) is 84.9 Å². The number of aliphatic hydroxyl groups is 1. The van der Waals surface area contributed by atoms with Crippen LogP contribution < -0.4 is 80.6 Å². The van der Waals surface area contributed by atoms with Crippen molar-refractivity contribution >= 4 is 136 Å². The molecule has 0 saturated heterocycles. The number of carboxylic acid groups (broad SMARTS) is 2. The predicted molar refractivity (Wildman–Crippen MR) is 427 cm³/mol. The number of benzene rings is 2. The molecule has 114 heavy (non-hydrogen) atoms. The quantitative estimate of drug-likeness (QED) is 0.0150. The monoisotopic (exact) mass is 1630 g/mol. The Morgan fingerprint density at radius 3 is 1.37 bits per heavy atom. The Morgan fingerprint density at radius 1 is 0.482 bits per heavy atom. The van der Waals surface area contributed by atoms with Crippen LogP contribution in [0.1, 0.15) is 130 Å². The molecule has 0 radical (unpaired) electrons. The summed E-state index contributed by atoms with van der Waals surface area (Å²) in [7, 11) is 0. The third-order valence-corrected chi connectivity index (χ3v) is 19.1. The first-order valence-electron chi connectivity index (χ1n) is 37.8. The number of aliphatic carboxylic acids is 2. The number of fused-ring (bicyclic) bond motifs is 2. The standard InChI is InChI=1S/C75H111N19O18S2/c1-9-24-79-51(30-61(99)100)68(105)91-57(35-113)73(110)85-49(20-14-15-23-76)66(103)88-54(27-42-31-80-47-18-12-10-16-45(42)47)69(106)89-56(29-44-33-78-37-83-44)71(108)86-52(25-38(2)3)65(102)82-34-59(96)84-50(21-22-60(97)98)67(104)87-53(26-39(4)5)72(109)93-62(40(6)7)75(112)90-55(28-43-32-81-48-19-13-11-17-46(43)48)70(107)92-58(36-114)74(111)94-63(41(8)95)64(77)101/h10-13,16-19,31-33,37-41,49-58,62-63,79-81,95,113-114H,9,14-15,20-30,34-36,76H2,1-8H3,(H2,77,101)(H,78,83)(H,82,102)(H,84,96)(H,85,110)(H,86,108)(H,87,104)(H,88,103)(H,89,106)(H,90,112)(H,91,105)(H,92,107)(H,93,109)(H,94,111)(H,97,98)(H,99,100)/t41-,49?,50+,51?,52+,53?,54+,55?,56?,57+,58+,62+,63+/m1/s1. The number of hydrogen-bond donors (Lipinski definition) is 23. The van der Waals surface area contributed by atoms with E-state index in [4.69, 9.17) is 11.5 Å². The molecule has 39 heteroatoms. The minimum absolute atomic E-state index is 0.00773. The van der Waals surface area contributed by atoms with E-state index in [1.54, 1.807) is 102 Å². The molecular formula is C75H111N19O18S2. The summed E-state index contributed by atoms with van der Waals surface area (Å²) >= 11 is 8.50. The largest absolute Gasteiger partial charge is 0.481 e. The number of nitrogens with two attached hydrogens (primary N) is 2. The number of carboxylic acids is 2. The summed E-state index contributed by atoms with van der Waals surface area (Å²) in [5.41, 5.74) is 14.1. The van der Waals surface area contributed by atoms with Gasteiger partial charge in [0, 0.05) is 83.3 Å². The summed E-state index contributed by atoms with van der Waals surface area (Å²) in [5, 5.41) is 64.7. The summed E-state index contributed by atoms with van der Waals surface area (Å²) in [6, 6.07) is -3.05. The topological polar surface area (TPSA) is 585 Å². The number of nitrogens with one attached hydrogen (secondary N) is 16. The van der Waals surface area contributed by atoms with Crippen LogP contribution in [0.25, 0.3) is 21.8 Å². The molecule has 0 saturated carbocycles. The normalized spacial score (nSPS) is 14.8. The van der Waals surface area contributed by atoms with Gasteiger partial charge >= 0.3 is 11.9 Å². The highest BCUT2D eigenvalue weighted by atomic mass is 32.1. The van der Waals surface area contributed by atoms with Crippen LogP contribution in [0.3, 0.4) is 0 Å². The Hall–Kier alpha value is -10.6. The molecule has 5 aromatic rings. The molecule has 37 nitrogen and oxygen atoms in total. The lowest BCUT2D eigenvalue weighted by Crippen LogP contribution is -2.61. The number of imidazole rings is 1. The van der Waals surface area contributed by atoms with Crippen molar-refractivity contribution in [2.24, 2.45) is 29.2 Å². The van der Waals surface area contributed by atoms with Crippen LogP contribution in [0.15, 0.2) is 73.4 Å². The van der Waals surface area contributed by atoms with Crippen molar-refractivity contribution in [3.05, 3.63) is 90.3 Å². The molecule has 13 atom stereocenters. The molecule has 0 aliphatic rings. The molecule has 5 unspecified atom stereocenters. The molecule has 0 aliphatic carbocycles. The summed E-state index contributed by atoms with van der Waals surface area (Å²) in [6.07, 6.45) is 3.30. The predicted octanol–water partition coefficient (Wildman–Crippen LogP) is -1.84. The summed E-state index contributed by atoms with van der Waals surface area (Å²) < 4.78 is 0. The number of carbonyl (C=O) groups excluding carboxylic acids is 13. The third-order valence-electron chi connectivity index (χ3n) is 18.4. The van der Waals surface area contributed by atoms with Crippen molar-refractivity contribution in [1.29, 1.82) is 0 Å². The number of primary amides is 1. The molecule has 0 aliphatic heterocycles. The fourth-order valence-electron chi connectivity index (χ4n) is 12.3. The van der Waals surface area contributed by atoms with E-state index in [0.717, 1.165) is 0 Å². The van der Waals surface area contributed by atoms with Gasteiger partial charge in [-0.2, -0.15) is 25.3 Å². The summed E-state index contributed by atoms with van der Waals surface area (Å²) in [5.74, 6) is -16.5. The van der Waals surface area contributed by atoms with Gasteiger partial charge in [-0.15, -0.1) is 0 Å². The molecular weight excluding hydrogens is 1520 g/mol. The second-order valence-electron chi connectivity index (χ2n) is 29.0. The SMILES string of the molecule is CCCNC(CC(=O)O)C(=O)N[C@@H](CS)C(=O)NC(CCCCN)C(=O)N[C@@H](Cc1c[nH]c2ccccc12)C(=O)NC(Cc1cnc[nH]1)C(=O)N[C@@H](CC(C)C)C(=O)NCC(=O)N[C@@H](CCC(=O)O)C(=O)NC(CC(C)C)C(=O)N[C@H](C(=O)NC(Cc1c[nH]c2ccccc12)C(=O)N[C@@H](CS)C(=O)N[C@H](C(N)=O)[C@@H](C)O)C(C)C. The third kappa shape index (κ3) is 30.4. The highest BCUT2D eigenvalue weighted by Crippen LogP contribution is 2.22. The number of rotatable bonds is 51. The van der Waals surface area contributed by atoms with E-state index in [9.17, 15) is 82.4 Å². The molecule has 23 N–H and O–H groups in total. The van der Waals surface area contributed by atoms with Crippen molar-refractivity contribution in [3.8, 4) is 0 Å². The molecule has 0 fully saturated rings. The van der Waals surface area contributed by atoms with Gasteiger partial charge in [0.15, 0.2) is 0 Å². The second kappa shape index (κ2) is 47.1. The van der Waals surface area contributed by atoms with Gasteiger partial charge in [-0.05, 0) is 106 Å². The molecule has 0 spiro atoms. The number of H-pyrrole nitrogens is 3. The Bertz CT molecular complexity index is 4100. The number of aromatic amines is 3. The molecule has 13 amide bonds. The van der Waals surface area contributed by atoms with E-state index in [1.165, 1.54) is 19.4 Å². The van der Waals surface area contributed by atoms with Gasteiger partial charge in [0.25, 0.3) is 0 Å². The maximum absolute atomic E-state index is 15.0. The number of amides is 13. The average Bonchev–Trinajstić information content (AvgIpc) is 1.66. The molecule has 5 rings (SSSR count). The van der Waals surface area contributed by atoms with E-state index >= 15 is 4.79 Å². The highest BCUT2D eigenvalue weighted by Gasteiger charge is 2.39. The van der Waals surface area contributed by atoms with Crippen molar-refractivity contribution in [1.82, 2.24) is 89.1 Å². The number of aromatic nitrogens is 4. The van der Waals surface area contributed by atoms with Crippen LogP contribution in [-0.2, 0) is 91.2 Å². The lowest BCUT2D eigenvalue weighted by Gasteiger charge is -2.29. The van der Waals surface area contributed by atoms with Gasteiger partial charge in [-0.3, -0.25) is 71.9 Å². The first-order valence-corrected chi connectivity index (χ1v) is 39.1. The van der Waals surface area contributed by atoms with Gasteiger partial charge in [-0.25, -0.2) is 4.98 Å². The lowest BCUT2D eigenvalue weighted by molar-refractivity contribution is -0.140. The Balaban J connectivity index is 1.35. The first-order chi connectivity index (χ1) is 54.1. The van der Waals surface area contributed by atoms with Gasteiger partial charge in [0.2, 0.25) is 76.8 Å². The number of carbonyl (C=O) groups is 15. The van der Waals surface area contributed by atoms with E-state index in [-0.39, 0.29) is 68.4 Å². The van der Waals surface area contributed by atoms with E-state index in [2.05, 4.69) is 114 Å². The minimum Gasteiger partial charge on any atom is -0.481 e. The second-order valence-corrected chi connectivity index (χ2v) is 29.8. The first kappa shape index (κ1) is 94.0. The van der Waals surface area contributed by atoms with E-state index in [0.29, 0.717) is 64.4 Å². The smallest absolute Gasteiger partial charge is 0.305 e. The molecule has 2 aromatic carbocycles. The number of aliphatic hydroxyl groups excluding tert-OH is 1. The van der Waals surface area contributed by atoms with Gasteiger partial charge in [0.1, 0.15) is 66.5 Å². The number of unbranched alkanes of at least 4 members (excludes halogenated alkanes) is 1. The zero-order valence-corrected chi connectivity index (χ0v) is 66.9. The van der Waals surface area contributed by atoms with Crippen LogP contribution in [0, 0.1) is 17.8 Å². The average molecular weight is 1630 g/mol. The van der Waals surface area contributed by atoms with Crippen molar-refractivity contribution in [2.75, 3.05) is 31.1 Å². The number of para-hydroxylation sites is 2. The number of thiol groups is 2. The maximum Gasteiger partial charge on any atom is 0.305 e. The Kier molecular flexibility index (Phi) is 38.9. The fraction of sp³-hybridized carbons (Fsp3) is 0.547. The van der Waals surface area contributed by atoms with Gasteiger partial charge in [0.05, 0.1) is 31.4 Å². The number of hydrogen-bond acceptors (Lipinski definition) is 21. The molecule has 3 aromatic heterocycles. The molecule has 3 heterocycles. The van der Waals surface area contributed by atoms with Crippen LogP contribution >= 0.6 is 25.3 Å². The van der Waals surface area contributed by atoms with E-state index in [1.807, 2.05) is 6.92 Å². The Labute approximate surface area is 670 Å². The van der Waals surface area contributed by atoms with Crippen LogP contribution in [0.2, 0.25) is 0 Å². The minimum atomic E-state index is -1.66. The lowest BCUT2D eigenvalue weighted by atomic mass is 9.98. The van der Waals surface area contributed by atoms with Crippen molar-refractivity contribution in [2.45, 2.75) is 211 Å². The maximum atomic E-state index is 15.0. The summed E-state index contributed by atoms with van der Waals surface area (Å²) in [6.45, 7) is 12.8. The molecule has 626 valence electrons. The molecule has 0 bridgehead atoms. The zero-order valence-electron chi connectivity index (χ0n) is 65.1. The van der Waals surface area contributed by atoms with Crippen molar-refractivity contribution < 1.29 is 87.2 Å². The van der Waals surface area contributed by atoms with Crippen LogP contribution in [0.5, 0.6) is 0 Å². The van der Waals surface area contributed by atoms with Crippen LogP contribution in [-0.4, -0.2) is 234 Å². The highest BCUT2D eigenvalue weighted by molar-refractivity contribution is 7.80.